The van der Waals surface area contributed by atoms with Gasteiger partial charge in [-0.3, -0.25) is 9.59 Å². The van der Waals surface area contributed by atoms with E-state index >= 15 is 0 Å². The highest BCUT2D eigenvalue weighted by Crippen LogP contribution is 2.12. The second kappa shape index (κ2) is 6.14. The molecule has 0 aromatic rings. The molecule has 1 unspecified atom stereocenters. The Balaban J connectivity index is 4.52. The first-order valence-corrected chi connectivity index (χ1v) is 4.61. The summed E-state index contributed by atoms with van der Waals surface area (Å²) in [7, 11) is 0. The number of Topliss-reactive ketones (excluding diaryl/α,β-unsaturated/α-hetero) is 1. The summed E-state index contributed by atoms with van der Waals surface area (Å²) in [6, 6.07) is 1.82. The molecule has 1 atom stereocenters. The summed E-state index contributed by atoms with van der Waals surface area (Å²) in [5, 5.41) is 8.47. The first-order chi connectivity index (χ1) is 6.54. The molecule has 0 aliphatic heterocycles. The first-order valence-electron chi connectivity index (χ1n) is 4.61. The van der Waals surface area contributed by atoms with Gasteiger partial charge < -0.3 is 4.74 Å². The van der Waals surface area contributed by atoms with Crippen LogP contribution in [0.3, 0.4) is 0 Å². The summed E-state index contributed by atoms with van der Waals surface area (Å²) in [4.78, 5) is 22.8. The molecule has 0 aliphatic rings. The molecule has 0 amide bonds. The molecule has 0 aromatic carbocycles. The summed E-state index contributed by atoms with van der Waals surface area (Å²) in [6.07, 6.45) is -0.101. The minimum Gasteiger partial charge on any atom is -0.465 e. The molecule has 0 aromatic heterocycles. The average molecular weight is 197 g/mol. The molecule has 0 heterocycles. The number of nitrogens with zero attached hydrogens (tertiary/aromatic N) is 1. The van der Waals surface area contributed by atoms with Gasteiger partial charge in [-0.25, -0.2) is 0 Å². The standard InChI is InChI=1S/C10H15NO3/c1-4-14-10(13)8(5-6-11)9(12)7(2)3/h7-8H,4-5H2,1-3H3. The Morgan fingerprint density at radius 1 is 1.43 bits per heavy atom. The lowest BCUT2D eigenvalue weighted by Gasteiger charge is -2.13. The maximum atomic E-state index is 11.5. The molecule has 4 heteroatoms. The number of hydrogen-bond donors (Lipinski definition) is 0. The number of carbonyl (C=O) groups excluding carboxylic acids is 2. The van der Waals surface area contributed by atoms with Crippen LogP contribution in [0.4, 0.5) is 0 Å². The molecule has 0 saturated carbocycles. The third-order valence-electron chi connectivity index (χ3n) is 1.78. The van der Waals surface area contributed by atoms with E-state index in [0.717, 1.165) is 0 Å². The molecular weight excluding hydrogens is 182 g/mol. The molecule has 0 bridgehead atoms. The Morgan fingerprint density at radius 3 is 2.36 bits per heavy atom. The SMILES string of the molecule is CCOC(=O)C(CC#N)C(=O)C(C)C. The van der Waals surface area contributed by atoms with Crippen LogP contribution in [0.25, 0.3) is 0 Å². The predicted molar refractivity (Wildman–Crippen MR) is 50.2 cm³/mol. The fourth-order valence-corrected chi connectivity index (χ4v) is 1.04. The van der Waals surface area contributed by atoms with Crippen molar-refractivity contribution in [3.63, 3.8) is 0 Å². The van der Waals surface area contributed by atoms with Crippen molar-refractivity contribution in [2.24, 2.45) is 11.8 Å². The van der Waals surface area contributed by atoms with Gasteiger partial charge in [-0.15, -0.1) is 0 Å². The van der Waals surface area contributed by atoms with Crippen LogP contribution < -0.4 is 0 Å². The zero-order valence-electron chi connectivity index (χ0n) is 8.74. The molecule has 78 valence electrons. The van der Waals surface area contributed by atoms with E-state index in [-0.39, 0.29) is 24.7 Å². The zero-order chi connectivity index (χ0) is 11.1. The van der Waals surface area contributed by atoms with Crippen molar-refractivity contribution in [1.29, 1.82) is 5.26 Å². The number of ketones is 1. The van der Waals surface area contributed by atoms with Crippen LogP contribution in [-0.4, -0.2) is 18.4 Å². The highest BCUT2D eigenvalue weighted by Gasteiger charge is 2.29. The molecule has 0 radical (unpaired) electrons. The number of hydrogen-bond acceptors (Lipinski definition) is 4. The van der Waals surface area contributed by atoms with E-state index in [1.807, 2.05) is 6.07 Å². The van der Waals surface area contributed by atoms with Crippen LogP contribution in [0.15, 0.2) is 0 Å². The average Bonchev–Trinajstić information content (AvgIpc) is 2.13. The van der Waals surface area contributed by atoms with Crippen LogP contribution in [0.5, 0.6) is 0 Å². The number of ether oxygens (including phenoxy) is 1. The van der Waals surface area contributed by atoms with Gasteiger partial charge in [0, 0.05) is 5.92 Å². The van der Waals surface area contributed by atoms with Gasteiger partial charge in [0.25, 0.3) is 0 Å². The molecule has 14 heavy (non-hydrogen) atoms. The molecule has 4 nitrogen and oxygen atoms in total. The van der Waals surface area contributed by atoms with Crippen LogP contribution in [0.2, 0.25) is 0 Å². The second-order valence-electron chi connectivity index (χ2n) is 3.22. The van der Waals surface area contributed by atoms with Crippen molar-refractivity contribution in [1.82, 2.24) is 0 Å². The molecule has 0 saturated heterocycles. The largest absolute Gasteiger partial charge is 0.465 e. The predicted octanol–water partition coefficient (Wildman–Crippen LogP) is 1.30. The summed E-state index contributed by atoms with van der Waals surface area (Å²) >= 11 is 0. The second-order valence-corrected chi connectivity index (χ2v) is 3.22. The summed E-state index contributed by atoms with van der Waals surface area (Å²) in [5.41, 5.74) is 0. The molecule has 0 N–H and O–H groups in total. The van der Waals surface area contributed by atoms with E-state index < -0.39 is 11.9 Å². The Hall–Kier alpha value is -1.37. The molecule has 0 fully saturated rings. The van der Waals surface area contributed by atoms with Gasteiger partial charge in [0.2, 0.25) is 0 Å². The number of carbonyl (C=O) groups is 2. The molecule has 0 rings (SSSR count). The fraction of sp³-hybridized carbons (Fsp3) is 0.700. The van der Waals surface area contributed by atoms with Crippen molar-refractivity contribution < 1.29 is 14.3 Å². The lowest BCUT2D eigenvalue weighted by atomic mass is 9.93. The van der Waals surface area contributed by atoms with E-state index in [1.54, 1.807) is 20.8 Å². The minimum atomic E-state index is -0.917. The molecule has 0 spiro atoms. The van der Waals surface area contributed by atoms with Crippen LogP contribution >= 0.6 is 0 Å². The normalized spacial score (nSPS) is 11.9. The Morgan fingerprint density at radius 2 is 2.00 bits per heavy atom. The van der Waals surface area contributed by atoms with E-state index in [9.17, 15) is 9.59 Å². The quantitative estimate of drug-likeness (QED) is 0.492. The van der Waals surface area contributed by atoms with Crippen LogP contribution in [0.1, 0.15) is 27.2 Å². The summed E-state index contributed by atoms with van der Waals surface area (Å²) < 4.78 is 4.72. The van der Waals surface area contributed by atoms with Gasteiger partial charge in [0.15, 0.2) is 5.78 Å². The van der Waals surface area contributed by atoms with Gasteiger partial charge >= 0.3 is 5.97 Å². The zero-order valence-corrected chi connectivity index (χ0v) is 8.74. The smallest absolute Gasteiger partial charge is 0.317 e. The Labute approximate surface area is 83.9 Å². The maximum Gasteiger partial charge on any atom is 0.317 e. The van der Waals surface area contributed by atoms with Crippen LogP contribution in [0, 0.1) is 23.2 Å². The van der Waals surface area contributed by atoms with Gasteiger partial charge in [-0.1, -0.05) is 13.8 Å². The van der Waals surface area contributed by atoms with Crippen molar-refractivity contribution >= 4 is 11.8 Å². The van der Waals surface area contributed by atoms with Crippen molar-refractivity contribution in [3.8, 4) is 6.07 Å². The third-order valence-corrected chi connectivity index (χ3v) is 1.78. The van der Waals surface area contributed by atoms with E-state index in [0.29, 0.717) is 0 Å². The topological polar surface area (TPSA) is 67.2 Å². The Bertz CT molecular complexity index is 253. The van der Waals surface area contributed by atoms with Gasteiger partial charge in [-0.05, 0) is 6.92 Å². The van der Waals surface area contributed by atoms with Gasteiger partial charge in [-0.2, -0.15) is 5.26 Å². The minimum absolute atomic E-state index is 0.101. The van der Waals surface area contributed by atoms with E-state index in [1.165, 1.54) is 0 Å². The monoisotopic (exact) mass is 197 g/mol. The van der Waals surface area contributed by atoms with E-state index in [2.05, 4.69) is 0 Å². The lowest BCUT2D eigenvalue weighted by molar-refractivity contribution is -0.152. The number of esters is 1. The first kappa shape index (κ1) is 12.6. The van der Waals surface area contributed by atoms with Gasteiger partial charge in [0.1, 0.15) is 5.92 Å². The van der Waals surface area contributed by atoms with E-state index in [4.69, 9.17) is 10.00 Å². The molecule has 0 aliphatic carbocycles. The summed E-state index contributed by atoms with van der Waals surface area (Å²) in [6.45, 7) is 5.30. The van der Waals surface area contributed by atoms with Crippen molar-refractivity contribution in [3.05, 3.63) is 0 Å². The lowest BCUT2D eigenvalue weighted by Crippen LogP contribution is -2.29. The highest BCUT2D eigenvalue weighted by atomic mass is 16.5. The highest BCUT2D eigenvalue weighted by molar-refractivity contribution is 6.00. The Kier molecular flexibility index (Phi) is 5.54. The maximum absolute atomic E-state index is 11.5. The fourth-order valence-electron chi connectivity index (χ4n) is 1.04. The van der Waals surface area contributed by atoms with Crippen molar-refractivity contribution in [2.45, 2.75) is 27.2 Å². The molecular formula is C10H15NO3. The summed E-state index contributed by atoms with van der Waals surface area (Å²) in [5.74, 6) is -1.99. The number of nitriles is 1. The van der Waals surface area contributed by atoms with Crippen LogP contribution in [-0.2, 0) is 14.3 Å². The van der Waals surface area contributed by atoms with Gasteiger partial charge in [0.05, 0.1) is 19.1 Å². The van der Waals surface area contributed by atoms with Crippen molar-refractivity contribution in [2.75, 3.05) is 6.61 Å². The number of rotatable bonds is 5. The third kappa shape index (κ3) is 3.56.